The van der Waals surface area contributed by atoms with Crippen molar-refractivity contribution in [3.05, 3.63) is 30.1 Å². The minimum Gasteiger partial charge on any atom is -0.455 e. The van der Waals surface area contributed by atoms with E-state index in [4.69, 9.17) is 9.84 Å². The topological polar surface area (TPSA) is 79.7 Å². The normalized spacial score (nSPS) is 28.1. The van der Waals surface area contributed by atoms with Crippen molar-refractivity contribution in [3.63, 3.8) is 0 Å². The maximum absolute atomic E-state index is 11.4. The molecule has 5 heteroatoms. The molecule has 0 saturated carbocycles. The summed E-state index contributed by atoms with van der Waals surface area (Å²) in [5, 5.41) is 18.6. The molecular weight excluding hydrogens is 222 g/mol. The fraction of sp³-hybridized carbons (Fsp3) is 0.500. The average Bonchev–Trinajstić information content (AvgIpc) is 2.65. The van der Waals surface area contributed by atoms with Crippen LogP contribution in [0.4, 0.5) is 0 Å². The largest absolute Gasteiger partial charge is 0.455 e. The Morgan fingerprint density at radius 3 is 2.94 bits per heavy atom. The molecule has 2 heterocycles. The number of hydrogen-bond acceptors (Lipinski definition) is 5. The zero-order chi connectivity index (χ0) is 12.3. The van der Waals surface area contributed by atoms with Crippen molar-refractivity contribution < 1.29 is 19.7 Å². The molecule has 0 aliphatic carbocycles. The number of hydrogen-bond donors (Lipinski definition) is 2. The molecule has 0 bridgehead atoms. The van der Waals surface area contributed by atoms with E-state index in [9.17, 15) is 9.90 Å². The molecule has 1 aromatic rings. The standard InChI is InChI=1S/C12H15NO4/c14-6-2-4-9-10(15)12(16)17-11(9)8-3-1-5-13-7-8/h1,3,5,7,9-11,14-15H,2,4,6H2. The third kappa shape index (κ3) is 2.45. The Morgan fingerprint density at radius 1 is 1.47 bits per heavy atom. The lowest BCUT2D eigenvalue weighted by Crippen LogP contribution is -2.23. The van der Waals surface area contributed by atoms with Gasteiger partial charge in [-0.2, -0.15) is 0 Å². The lowest BCUT2D eigenvalue weighted by atomic mass is 9.90. The van der Waals surface area contributed by atoms with Crippen LogP contribution in [0.15, 0.2) is 24.5 Å². The Bertz CT molecular complexity index is 381. The lowest BCUT2D eigenvalue weighted by Gasteiger charge is -2.18. The van der Waals surface area contributed by atoms with Crippen LogP contribution < -0.4 is 0 Å². The van der Waals surface area contributed by atoms with Crippen LogP contribution in [0.1, 0.15) is 24.5 Å². The molecule has 0 aromatic carbocycles. The molecule has 5 nitrogen and oxygen atoms in total. The Balaban J connectivity index is 2.17. The van der Waals surface area contributed by atoms with Crippen molar-refractivity contribution in [2.24, 2.45) is 5.92 Å². The fourth-order valence-corrected chi connectivity index (χ4v) is 2.12. The van der Waals surface area contributed by atoms with Gasteiger partial charge in [0.25, 0.3) is 0 Å². The van der Waals surface area contributed by atoms with Gasteiger partial charge in [-0.15, -0.1) is 0 Å². The quantitative estimate of drug-likeness (QED) is 0.742. The van der Waals surface area contributed by atoms with Gasteiger partial charge in [-0.3, -0.25) is 4.98 Å². The van der Waals surface area contributed by atoms with Gasteiger partial charge in [0.1, 0.15) is 6.10 Å². The van der Waals surface area contributed by atoms with Crippen LogP contribution >= 0.6 is 0 Å². The van der Waals surface area contributed by atoms with Crippen LogP contribution in [0, 0.1) is 5.92 Å². The summed E-state index contributed by atoms with van der Waals surface area (Å²) in [6, 6.07) is 3.58. The zero-order valence-electron chi connectivity index (χ0n) is 9.32. The highest BCUT2D eigenvalue weighted by Gasteiger charge is 2.43. The molecule has 92 valence electrons. The summed E-state index contributed by atoms with van der Waals surface area (Å²) in [7, 11) is 0. The third-order valence-electron chi connectivity index (χ3n) is 2.99. The predicted octanol–water partition coefficient (Wildman–Crippen LogP) is 0.429. The minimum absolute atomic E-state index is 0.0389. The number of aliphatic hydroxyl groups is 2. The lowest BCUT2D eigenvalue weighted by molar-refractivity contribution is -0.147. The van der Waals surface area contributed by atoms with Crippen molar-refractivity contribution >= 4 is 5.97 Å². The molecule has 0 radical (unpaired) electrons. The van der Waals surface area contributed by atoms with E-state index in [0.717, 1.165) is 5.56 Å². The molecule has 2 N–H and O–H groups in total. The molecular formula is C12H15NO4. The second-order valence-electron chi connectivity index (χ2n) is 4.12. The summed E-state index contributed by atoms with van der Waals surface area (Å²) in [4.78, 5) is 15.3. The number of aliphatic hydroxyl groups excluding tert-OH is 2. The fourth-order valence-electron chi connectivity index (χ4n) is 2.12. The summed E-state index contributed by atoms with van der Waals surface area (Å²) < 4.78 is 5.16. The van der Waals surface area contributed by atoms with E-state index in [1.165, 1.54) is 0 Å². The van der Waals surface area contributed by atoms with E-state index in [1.807, 2.05) is 6.07 Å². The van der Waals surface area contributed by atoms with Crippen LogP contribution in [0.25, 0.3) is 0 Å². The van der Waals surface area contributed by atoms with Gasteiger partial charge >= 0.3 is 5.97 Å². The second-order valence-corrected chi connectivity index (χ2v) is 4.12. The highest BCUT2D eigenvalue weighted by molar-refractivity contribution is 5.77. The summed E-state index contributed by atoms with van der Waals surface area (Å²) in [6.45, 7) is 0.0389. The van der Waals surface area contributed by atoms with Gasteiger partial charge in [0.15, 0.2) is 6.10 Å². The van der Waals surface area contributed by atoms with Crippen molar-refractivity contribution in [1.29, 1.82) is 0 Å². The average molecular weight is 237 g/mol. The minimum atomic E-state index is -1.10. The van der Waals surface area contributed by atoms with Crippen LogP contribution in [-0.4, -0.2) is 33.9 Å². The number of pyridine rings is 1. The molecule has 2 rings (SSSR count). The van der Waals surface area contributed by atoms with Crippen molar-refractivity contribution in [3.8, 4) is 0 Å². The highest BCUT2D eigenvalue weighted by atomic mass is 16.6. The summed E-state index contributed by atoms with van der Waals surface area (Å²) in [5.41, 5.74) is 0.778. The zero-order valence-corrected chi connectivity index (χ0v) is 9.32. The first kappa shape index (κ1) is 12.0. The first-order valence-electron chi connectivity index (χ1n) is 5.63. The van der Waals surface area contributed by atoms with E-state index >= 15 is 0 Å². The molecule has 0 amide bonds. The number of carbonyl (C=O) groups excluding carboxylic acids is 1. The molecule has 1 aliphatic rings. The van der Waals surface area contributed by atoms with Gasteiger partial charge in [-0.1, -0.05) is 6.07 Å². The van der Waals surface area contributed by atoms with Gasteiger partial charge in [-0.25, -0.2) is 4.79 Å². The van der Waals surface area contributed by atoms with Crippen molar-refractivity contribution in [2.75, 3.05) is 6.61 Å². The molecule has 1 aromatic heterocycles. The maximum atomic E-state index is 11.4. The van der Waals surface area contributed by atoms with E-state index in [-0.39, 0.29) is 12.5 Å². The number of carbonyl (C=O) groups is 1. The Kier molecular flexibility index (Phi) is 3.71. The van der Waals surface area contributed by atoms with E-state index in [1.54, 1.807) is 18.5 Å². The number of cyclic esters (lactones) is 1. The Hall–Kier alpha value is -1.46. The van der Waals surface area contributed by atoms with Crippen LogP contribution in [0.5, 0.6) is 0 Å². The molecule has 1 aliphatic heterocycles. The molecule has 0 spiro atoms. The number of aromatic nitrogens is 1. The first-order valence-corrected chi connectivity index (χ1v) is 5.63. The van der Waals surface area contributed by atoms with Gasteiger partial charge < -0.3 is 14.9 Å². The smallest absolute Gasteiger partial charge is 0.336 e. The highest BCUT2D eigenvalue weighted by Crippen LogP contribution is 2.37. The maximum Gasteiger partial charge on any atom is 0.336 e. The molecule has 3 unspecified atom stereocenters. The SMILES string of the molecule is O=C1OC(c2cccnc2)C(CCCO)C1O. The molecule has 17 heavy (non-hydrogen) atoms. The van der Waals surface area contributed by atoms with Crippen LogP contribution in [-0.2, 0) is 9.53 Å². The Labute approximate surface area is 99.1 Å². The first-order chi connectivity index (χ1) is 8.24. The summed E-state index contributed by atoms with van der Waals surface area (Å²) in [6.07, 6.45) is 2.78. The Morgan fingerprint density at radius 2 is 2.29 bits per heavy atom. The predicted molar refractivity (Wildman–Crippen MR) is 58.9 cm³/mol. The van der Waals surface area contributed by atoms with Gasteiger partial charge in [0.05, 0.1) is 0 Å². The van der Waals surface area contributed by atoms with Crippen LogP contribution in [0.3, 0.4) is 0 Å². The molecule has 3 atom stereocenters. The monoisotopic (exact) mass is 237 g/mol. The van der Waals surface area contributed by atoms with Gasteiger partial charge in [-0.05, 0) is 18.9 Å². The number of nitrogens with zero attached hydrogens (tertiary/aromatic N) is 1. The van der Waals surface area contributed by atoms with E-state index in [2.05, 4.69) is 4.98 Å². The van der Waals surface area contributed by atoms with Crippen LogP contribution in [0.2, 0.25) is 0 Å². The van der Waals surface area contributed by atoms with Gasteiger partial charge in [0.2, 0.25) is 0 Å². The van der Waals surface area contributed by atoms with Crippen molar-refractivity contribution in [1.82, 2.24) is 4.98 Å². The summed E-state index contributed by atoms with van der Waals surface area (Å²) >= 11 is 0. The number of ether oxygens (including phenoxy) is 1. The third-order valence-corrected chi connectivity index (χ3v) is 2.99. The second kappa shape index (κ2) is 5.25. The van der Waals surface area contributed by atoms with E-state index < -0.39 is 18.2 Å². The van der Waals surface area contributed by atoms with E-state index in [0.29, 0.717) is 12.8 Å². The molecule has 1 saturated heterocycles. The van der Waals surface area contributed by atoms with Gasteiger partial charge in [0, 0.05) is 30.5 Å². The molecule has 1 fully saturated rings. The number of esters is 1. The summed E-state index contributed by atoms with van der Waals surface area (Å²) in [5.74, 6) is -0.902. The van der Waals surface area contributed by atoms with Crippen molar-refractivity contribution in [2.45, 2.75) is 25.0 Å². The number of rotatable bonds is 4.